The Morgan fingerprint density at radius 2 is 1.76 bits per heavy atom. The fourth-order valence-electron chi connectivity index (χ4n) is 9.24. The summed E-state index contributed by atoms with van der Waals surface area (Å²) in [7, 11) is 0. The van der Waals surface area contributed by atoms with Gasteiger partial charge in [-0.2, -0.15) is 5.06 Å². The smallest absolute Gasteiger partial charge is 0.327 e. The van der Waals surface area contributed by atoms with Crippen molar-refractivity contribution in [1.82, 2.24) is 15.7 Å². The molecule has 4 saturated heterocycles. The minimum atomic E-state index is -1.63. The molecule has 0 radical (unpaired) electrons. The number of nitrogens with one attached hydrogen (secondary N) is 2. The highest BCUT2D eigenvalue weighted by atomic mass is 16.8. The molecule has 1 spiro atoms. The van der Waals surface area contributed by atoms with Gasteiger partial charge in [0.05, 0.1) is 32.5 Å². The highest BCUT2D eigenvalue weighted by molar-refractivity contribution is 5.96. The van der Waals surface area contributed by atoms with Crippen LogP contribution in [0, 0.1) is 5.41 Å². The average Bonchev–Trinajstić information content (AvgIpc) is 3.88. The normalized spacial score (nSPS) is 35.7. The molecular formula is C40H49N3O15. The quantitative estimate of drug-likeness (QED) is 0.0980. The lowest BCUT2D eigenvalue weighted by atomic mass is 9.62. The van der Waals surface area contributed by atoms with Crippen molar-refractivity contribution in [2.24, 2.45) is 5.41 Å². The number of nitrogens with zero attached hydrogens (tertiary/aromatic N) is 1. The van der Waals surface area contributed by atoms with Crippen molar-refractivity contribution in [2.75, 3.05) is 26.4 Å². The van der Waals surface area contributed by atoms with Crippen LogP contribution in [0.2, 0.25) is 0 Å². The summed E-state index contributed by atoms with van der Waals surface area (Å²) in [5.74, 6) is -3.21. The Labute approximate surface area is 333 Å². The molecule has 4 aliphatic heterocycles. The van der Waals surface area contributed by atoms with E-state index in [0.717, 1.165) is 11.1 Å². The molecule has 8 N–H and O–H groups in total. The van der Waals surface area contributed by atoms with Crippen molar-refractivity contribution >= 4 is 23.9 Å². The number of fused-ring (bicyclic) bond motifs is 5. The Balaban J connectivity index is 1.04. The Hall–Kier alpha value is -3.89. The number of hydrogen-bond donors (Lipinski definition) is 8. The minimum absolute atomic E-state index is 0.00796. The van der Waals surface area contributed by atoms with E-state index in [9.17, 15) is 45.0 Å². The largest absolute Gasteiger partial charge is 0.458 e. The zero-order chi connectivity index (χ0) is 40.9. The van der Waals surface area contributed by atoms with Gasteiger partial charge in [-0.1, -0.05) is 60.7 Å². The third-order valence-corrected chi connectivity index (χ3v) is 12.0. The van der Waals surface area contributed by atoms with Crippen molar-refractivity contribution in [2.45, 2.75) is 112 Å². The first-order chi connectivity index (χ1) is 27.9. The maximum Gasteiger partial charge on any atom is 0.327 e. The van der Waals surface area contributed by atoms with Crippen LogP contribution in [0.1, 0.15) is 35.6 Å². The Morgan fingerprint density at radius 3 is 2.47 bits per heavy atom. The van der Waals surface area contributed by atoms with Gasteiger partial charge in [0, 0.05) is 25.8 Å². The van der Waals surface area contributed by atoms with Gasteiger partial charge in [-0.25, -0.2) is 0 Å². The fraction of sp³-hybridized carbons (Fsp3) is 0.575. The standard InChI is InChI=1S/C40H49N3O15/c1-20(46)27(35(50)41-11-12-44)42-38(52)40-17-25-31-32(57-39(56-31)15-23-9-2-3-10-24(23)16-39)34(40)58-43(33(40)36(51)54-25)18-22-7-4-6-21(14-22)8-5-13-53-37-30(49)29(48)28(47)26(19-45)55-37/h2-10,14,20,25-34,37,44-49H,11-13,15-19H2,1H3,(H,41,50)(H,42,52). The SMILES string of the molecule is CC(O)C(NC(=O)C12CC3OC(=O)C1N(Cc1cccc(C=CCOC4OC(CO)C(O)C(O)C4O)c1)OC2C1OC2(Cc4ccccc4C2)OC31)C(=O)NCCO. The topological polar surface area (TPSA) is 255 Å². The summed E-state index contributed by atoms with van der Waals surface area (Å²) in [6.07, 6.45) is -7.64. The molecule has 13 atom stereocenters. The number of carbonyl (C=O) groups excluding carboxylic acids is 3. The van der Waals surface area contributed by atoms with Gasteiger partial charge in [0.2, 0.25) is 11.8 Å². The van der Waals surface area contributed by atoms with Crippen LogP contribution in [-0.4, -0.2) is 159 Å². The first-order valence-corrected chi connectivity index (χ1v) is 19.5. The van der Waals surface area contributed by atoms with E-state index < -0.39 is 109 Å². The molecule has 2 amide bonds. The molecule has 0 aromatic heterocycles. The number of hydroxylamine groups is 2. The van der Waals surface area contributed by atoms with Crippen LogP contribution in [0.25, 0.3) is 6.08 Å². The molecule has 1 saturated carbocycles. The Bertz CT molecular complexity index is 1870. The fourth-order valence-corrected chi connectivity index (χ4v) is 9.24. The number of esters is 1. The second kappa shape index (κ2) is 16.3. The molecule has 58 heavy (non-hydrogen) atoms. The van der Waals surface area contributed by atoms with Gasteiger partial charge in [-0.3, -0.25) is 19.2 Å². The molecule has 8 rings (SSSR count). The number of aliphatic hydroxyl groups is 6. The summed E-state index contributed by atoms with van der Waals surface area (Å²) in [5.41, 5.74) is 1.89. The second-order valence-corrected chi connectivity index (χ2v) is 15.8. The first-order valence-electron chi connectivity index (χ1n) is 19.5. The molecule has 18 heteroatoms. The molecule has 2 aliphatic carbocycles. The van der Waals surface area contributed by atoms with Crippen LogP contribution in [0.5, 0.6) is 0 Å². The van der Waals surface area contributed by atoms with Gasteiger partial charge >= 0.3 is 5.97 Å². The predicted molar refractivity (Wildman–Crippen MR) is 196 cm³/mol. The summed E-state index contributed by atoms with van der Waals surface area (Å²) in [6, 6.07) is 12.4. The van der Waals surface area contributed by atoms with Crippen molar-refractivity contribution in [1.29, 1.82) is 0 Å². The van der Waals surface area contributed by atoms with E-state index in [1.165, 1.54) is 12.0 Å². The van der Waals surface area contributed by atoms with E-state index >= 15 is 0 Å². The third-order valence-electron chi connectivity index (χ3n) is 12.0. The van der Waals surface area contributed by atoms with Crippen LogP contribution >= 0.6 is 0 Å². The van der Waals surface area contributed by atoms with E-state index in [0.29, 0.717) is 24.0 Å². The van der Waals surface area contributed by atoms with E-state index in [2.05, 4.69) is 10.6 Å². The molecule has 18 nitrogen and oxygen atoms in total. The number of benzene rings is 2. The maximum atomic E-state index is 14.8. The zero-order valence-electron chi connectivity index (χ0n) is 31.7. The molecule has 2 aromatic carbocycles. The van der Waals surface area contributed by atoms with Gasteiger partial charge < -0.3 is 65.0 Å². The molecule has 6 aliphatic rings. The number of aliphatic hydroxyl groups excluding tert-OH is 6. The zero-order valence-corrected chi connectivity index (χ0v) is 31.7. The van der Waals surface area contributed by atoms with Crippen LogP contribution in [0.4, 0.5) is 0 Å². The van der Waals surface area contributed by atoms with Crippen molar-refractivity contribution in [3.05, 3.63) is 76.9 Å². The van der Waals surface area contributed by atoms with Gasteiger partial charge in [0.25, 0.3) is 0 Å². The number of rotatable bonds is 13. The van der Waals surface area contributed by atoms with E-state index in [1.807, 2.05) is 42.5 Å². The van der Waals surface area contributed by atoms with Gasteiger partial charge in [-0.05, 0) is 29.2 Å². The van der Waals surface area contributed by atoms with Crippen LogP contribution in [0.3, 0.4) is 0 Å². The highest BCUT2D eigenvalue weighted by Crippen LogP contribution is 2.58. The van der Waals surface area contributed by atoms with Gasteiger partial charge in [0.15, 0.2) is 18.1 Å². The monoisotopic (exact) mass is 811 g/mol. The Kier molecular flexibility index (Phi) is 11.5. The maximum absolute atomic E-state index is 14.8. The molecule has 13 unspecified atom stereocenters. The second-order valence-electron chi connectivity index (χ2n) is 15.8. The molecule has 2 bridgehead atoms. The number of ether oxygens (including phenoxy) is 5. The van der Waals surface area contributed by atoms with Crippen molar-refractivity contribution in [3.8, 4) is 0 Å². The summed E-state index contributed by atoms with van der Waals surface area (Å²) in [4.78, 5) is 48.6. The van der Waals surface area contributed by atoms with Crippen LogP contribution < -0.4 is 10.6 Å². The Morgan fingerprint density at radius 1 is 1.02 bits per heavy atom. The lowest BCUT2D eigenvalue weighted by Crippen LogP contribution is -2.71. The first kappa shape index (κ1) is 40.9. The predicted octanol–water partition coefficient (Wildman–Crippen LogP) is -2.43. The molecule has 314 valence electrons. The number of hydrogen-bond acceptors (Lipinski definition) is 16. The number of carbonyl (C=O) groups is 3. The average molecular weight is 812 g/mol. The summed E-state index contributed by atoms with van der Waals surface area (Å²) < 4.78 is 30.5. The lowest BCUT2D eigenvalue weighted by molar-refractivity contribution is -0.298. The molecule has 2 aromatic rings. The van der Waals surface area contributed by atoms with Crippen LogP contribution in [0.15, 0.2) is 54.6 Å². The van der Waals surface area contributed by atoms with Gasteiger partial charge in [-0.15, -0.1) is 0 Å². The number of amides is 2. The third kappa shape index (κ3) is 7.24. The van der Waals surface area contributed by atoms with E-state index in [4.69, 9.17) is 28.5 Å². The van der Waals surface area contributed by atoms with E-state index in [-0.39, 0.29) is 32.7 Å². The molecule has 5 fully saturated rings. The minimum Gasteiger partial charge on any atom is -0.458 e. The van der Waals surface area contributed by atoms with Crippen LogP contribution in [-0.2, 0) is 62.3 Å². The lowest BCUT2D eigenvalue weighted by Gasteiger charge is -2.49. The van der Waals surface area contributed by atoms with E-state index in [1.54, 1.807) is 18.2 Å². The van der Waals surface area contributed by atoms with Gasteiger partial charge in [0.1, 0.15) is 60.3 Å². The summed E-state index contributed by atoms with van der Waals surface area (Å²) >= 11 is 0. The highest BCUT2D eigenvalue weighted by Gasteiger charge is 2.76. The van der Waals surface area contributed by atoms with Crippen molar-refractivity contribution < 1.29 is 73.5 Å². The molecular weight excluding hydrogens is 762 g/mol. The summed E-state index contributed by atoms with van der Waals surface area (Å²) in [5, 5.41) is 66.3. The molecule has 4 heterocycles. The van der Waals surface area contributed by atoms with Crippen molar-refractivity contribution in [3.63, 3.8) is 0 Å². The summed E-state index contributed by atoms with van der Waals surface area (Å²) in [6.45, 7) is 0.284.